The van der Waals surface area contributed by atoms with Crippen molar-refractivity contribution < 1.29 is 0 Å². The molecular weight excluding hydrogens is 894 g/mol. The molecule has 4 heteroatoms. The molecule has 0 saturated heterocycles. The van der Waals surface area contributed by atoms with E-state index in [-0.39, 0.29) is 33.9 Å². The number of benzene rings is 7. The summed E-state index contributed by atoms with van der Waals surface area (Å²) >= 11 is 0. The Balaban J connectivity index is 1.11. The summed E-state index contributed by atoms with van der Waals surface area (Å²) < 4.78 is 0. The molecule has 7 aromatic carbocycles. The van der Waals surface area contributed by atoms with Crippen LogP contribution in [-0.4, -0.2) is 12.3 Å². The molecule has 0 spiro atoms. The average molecular weight is 972 g/mol. The van der Waals surface area contributed by atoms with Crippen molar-refractivity contribution in [3.05, 3.63) is 172 Å². The highest BCUT2D eigenvalue weighted by molar-refractivity contribution is 7.00. The van der Waals surface area contributed by atoms with Crippen LogP contribution in [0.15, 0.2) is 127 Å². The Labute approximate surface area is 444 Å². The predicted octanol–water partition coefficient (Wildman–Crippen LogP) is 16.9. The molecule has 0 N–H and O–H groups in total. The summed E-state index contributed by atoms with van der Waals surface area (Å²) in [5, 5.41) is 0. The highest BCUT2D eigenvalue weighted by Crippen LogP contribution is 2.61. The van der Waals surface area contributed by atoms with Gasteiger partial charge in [0.1, 0.15) is 0 Å². The van der Waals surface area contributed by atoms with Gasteiger partial charge < -0.3 is 14.7 Å². The van der Waals surface area contributed by atoms with Crippen LogP contribution in [0.5, 0.6) is 0 Å². The van der Waals surface area contributed by atoms with Gasteiger partial charge in [0.25, 0.3) is 6.71 Å². The van der Waals surface area contributed by atoms with Crippen molar-refractivity contribution in [3.8, 4) is 11.1 Å². The van der Waals surface area contributed by atoms with E-state index in [2.05, 4.69) is 225 Å². The van der Waals surface area contributed by atoms with Crippen LogP contribution in [0, 0.1) is 17.8 Å². The average Bonchev–Trinajstić information content (AvgIpc) is 3.90. The number of hydrogen-bond donors (Lipinski definition) is 0. The normalized spacial score (nSPS) is 21.9. The monoisotopic (exact) mass is 972 g/mol. The predicted molar refractivity (Wildman–Crippen MR) is 318 cm³/mol. The summed E-state index contributed by atoms with van der Waals surface area (Å²) in [6, 6.07) is 51.7. The van der Waals surface area contributed by atoms with Gasteiger partial charge in [-0.25, -0.2) is 0 Å². The number of fused-ring (bicyclic) bond motifs is 9. The van der Waals surface area contributed by atoms with Gasteiger partial charge in [0, 0.05) is 50.8 Å². The van der Waals surface area contributed by atoms with E-state index in [1.165, 1.54) is 150 Å². The van der Waals surface area contributed by atoms with Crippen LogP contribution in [0.3, 0.4) is 0 Å². The number of anilines is 8. The first kappa shape index (κ1) is 47.7. The maximum atomic E-state index is 2.84. The minimum atomic E-state index is -0.0965. The van der Waals surface area contributed by atoms with Crippen molar-refractivity contribution in [1.29, 1.82) is 0 Å². The molecule has 74 heavy (non-hydrogen) atoms. The first-order valence-corrected chi connectivity index (χ1v) is 28.5. The zero-order chi connectivity index (χ0) is 51.4. The fourth-order valence-electron chi connectivity index (χ4n) is 15.5. The van der Waals surface area contributed by atoms with E-state index in [0.717, 1.165) is 25.7 Å². The van der Waals surface area contributed by atoms with E-state index in [1.807, 2.05) is 0 Å². The van der Waals surface area contributed by atoms with E-state index >= 15 is 0 Å². The van der Waals surface area contributed by atoms with Crippen LogP contribution in [-0.2, 0) is 36.5 Å². The second kappa shape index (κ2) is 16.5. The summed E-state index contributed by atoms with van der Waals surface area (Å²) in [6.07, 6.45) is 12.0. The minimum absolute atomic E-state index is 0.0123. The van der Waals surface area contributed by atoms with Crippen LogP contribution in [0.4, 0.5) is 45.5 Å². The van der Waals surface area contributed by atoms with Gasteiger partial charge >= 0.3 is 0 Å². The Kier molecular flexibility index (Phi) is 10.6. The smallest absolute Gasteiger partial charge is 0.252 e. The summed E-state index contributed by atoms with van der Waals surface area (Å²) in [6.45, 7) is 29.2. The molecule has 7 aromatic rings. The van der Waals surface area contributed by atoms with Gasteiger partial charge in [0.05, 0.1) is 11.2 Å². The summed E-state index contributed by atoms with van der Waals surface area (Å²) in [7, 11) is 0. The van der Waals surface area contributed by atoms with Crippen LogP contribution in [0.1, 0.15) is 165 Å². The minimum Gasteiger partial charge on any atom is -0.334 e. The lowest BCUT2D eigenvalue weighted by atomic mass is 9.33. The molecule has 0 amide bonds. The maximum absolute atomic E-state index is 2.84. The van der Waals surface area contributed by atoms with Gasteiger partial charge in [-0.05, 0) is 202 Å². The summed E-state index contributed by atoms with van der Waals surface area (Å²) in [5.74, 6) is 0.475. The first-order chi connectivity index (χ1) is 35.2. The largest absolute Gasteiger partial charge is 0.334 e. The Hall–Kier alpha value is -6.00. The Morgan fingerprint density at radius 1 is 0.514 bits per heavy atom. The van der Waals surface area contributed by atoms with Gasteiger partial charge in [-0.2, -0.15) is 0 Å². The lowest BCUT2D eigenvalue weighted by molar-refractivity contribution is 0.217. The molecule has 0 radical (unpaired) electrons. The molecule has 3 aliphatic heterocycles. The van der Waals surface area contributed by atoms with Crippen LogP contribution in [0.2, 0.25) is 0 Å². The quantitative estimate of drug-likeness (QED) is 0.159. The molecule has 6 aliphatic rings. The van der Waals surface area contributed by atoms with Gasteiger partial charge in [0.2, 0.25) is 0 Å². The van der Waals surface area contributed by atoms with Crippen molar-refractivity contribution in [3.63, 3.8) is 0 Å². The Bertz CT molecular complexity index is 3440. The third-order valence-corrected chi connectivity index (χ3v) is 19.4. The fourth-order valence-corrected chi connectivity index (χ4v) is 15.5. The third kappa shape index (κ3) is 7.26. The topological polar surface area (TPSA) is 9.72 Å². The van der Waals surface area contributed by atoms with Crippen LogP contribution < -0.4 is 31.1 Å². The molecule has 3 nitrogen and oxygen atoms in total. The maximum Gasteiger partial charge on any atom is 0.252 e. The number of hydrogen-bond acceptors (Lipinski definition) is 3. The molecule has 2 unspecified atom stereocenters. The van der Waals surface area contributed by atoms with Crippen LogP contribution >= 0.6 is 0 Å². The highest BCUT2D eigenvalue weighted by Gasteiger charge is 2.57. The van der Waals surface area contributed by atoms with Crippen LogP contribution in [0.25, 0.3) is 11.1 Å². The zero-order valence-electron chi connectivity index (χ0n) is 46.7. The molecule has 1 saturated carbocycles. The van der Waals surface area contributed by atoms with Gasteiger partial charge in [-0.1, -0.05) is 162 Å². The van der Waals surface area contributed by atoms with E-state index in [0.29, 0.717) is 5.92 Å². The van der Waals surface area contributed by atoms with Crippen molar-refractivity contribution >= 4 is 68.6 Å². The van der Waals surface area contributed by atoms with E-state index in [9.17, 15) is 0 Å². The van der Waals surface area contributed by atoms with Gasteiger partial charge in [-0.15, -0.1) is 0 Å². The molecule has 2 atom stereocenters. The second-order valence-electron chi connectivity index (χ2n) is 27.4. The Morgan fingerprint density at radius 3 is 1.86 bits per heavy atom. The molecule has 376 valence electrons. The van der Waals surface area contributed by atoms with E-state index < -0.39 is 0 Å². The Morgan fingerprint density at radius 2 is 1.15 bits per heavy atom. The molecule has 1 fully saturated rings. The number of rotatable bonds is 5. The molecule has 3 heterocycles. The number of aryl methyl sites for hydroxylation is 1. The summed E-state index contributed by atoms with van der Waals surface area (Å²) in [5.41, 5.74) is 29.3. The van der Waals surface area contributed by atoms with Crippen molar-refractivity contribution in [2.75, 3.05) is 14.7 Å². The van der Waals surface area contributed by atoms with Crippen molar-refractivity contribution in [2.24, 2.45) is 10.8 Å². The summed E-state index contributed by atoms with van der Waals surface area (Å²) in [4.78, 5) is 8.25. The second-order valence-corrected chi connectivity index (χ2v) is 27.4. The lowest BCUT2D eigenvalue weighted by Crippen LogP contribution is -2.61. The molecule has 13 rings (SSSR count). The third-order valence-electron chi connectivity index (χ3n) is 19.4. The standard InChI is InChI=1S/C70H78BN3/c1-44(2)47-23-28-60-56(35-47)69(11)30-18-13-14-19-31-70(69,12)74(60)54-26-27-57-62(39-54)73(59-29-24-52(66(4,5)6)38-55(59)46-20-16-15-17-21-46)64-33-45(3)32-63-65(64)71(57)58-36-50-42-68(9,10)43-51(50)37-61(58)72(63)53-25-22-48-40-67(7,8)41-49(48)34-53/h15-17,20-29,32-39,44H,13-14,18-19,30-31,40-43H2,1-12H3. The SMILES string of the molecule is Cc1cc2c3c(c1)N(c1ccc(C(C)(C)C)cc1-c1ccccc1)c1cc(N4c5ccc(C(C)C)cc5C5(C)CCCCCCC45C)ccc1B3c1cc3c(cc1N2c1ccc2c(c1)CC(C)(C)C2)CC(C)(C)C3. The molecule has 3 aliphatic carbocycles. The lowest BCUT2D eigenvalue weighted by Gasteiger charge is -2.49. The van der Waals surface area contributed by atoms with Crippen molar-refractivity contribution in [1.82, 2.24) is 0 Å². The van der Waals surface area contributed by atoms with Gasteiger partial charge in [-0.3, -0.25) is 0 Å². The first-order valence-electron chi connectivity index (χ1n) is 28.5. The van der Waals surface area contributed by atoms with E-state index in [1.54, 1.807) is 5.56 Å². The number of nitrogens with zero attached hydrogens (tertiary/aromatic N) is 3. The zero-order valence-corrected chi connectivity index (χ0v) is 46.7. The molecule has 0 bridgehead atoms. The van der Waals surface area contributed by atoms with Crippen molar-refractivity contribution in [2.45, 2.75) is 170 Å². The highest BCUT2D eigenvalue weighted by atomic mass is 15.3. The molecular formula is C70H78BN3. The van der Waals surface area contributed by atoms with E-state index in [4.69, 9.17) is 0 Å². The molecule has 0 aromatic heterocycles. The fraction of sp³-hybridized carbons (Fsp3) is 0.400. The van der Waals surface area contributed by atoms with Gasteiger partial charge in [0.15, 0.2) is 0 Å².